The zero-order valence-corrected chi connectivity index (χ0v) is 12.2. The summed E-state index contributed by atoms with van der Waals surface area (Å²) in [5.74, 6) is 0.647. The average Bonchev–Trinajstić information content (AvgIpc) is 2.70. The molecule has 0 bridgehead atoms. The van der Waals surface area contributed by atoms with Crippen LogP contribution in [0.15, 0.2) is 33.3 Å². The van der Waals surface area contributed by atoms with Crippen LogP contribution in [-0.2, 0) is 4.79 Å². The van der Waals surface area contributed by atoms with Crippen molar-refractivity contribution in [1.82, 2.24) is 5.16 Å². The minimum absolute atomic E-state index is 0.400. The first-order valence-electron chi connectivity index (χ1n) is 4.95. The molecule has 0 radical (unpaired) electrons. The zero-order valence-electron chi connectivity index (χ0n) is 8.98. The summed E-state index contributed by atoms with van der Waals surface area (Å²) >= 11 is 6.71. The van der Waals surface area contributed by atoms with Crippen LogP contribution >= 0.6 is 31.9 Å². The van der Waals surface area contributed by atoms with E-state index in [1.54, 1.807) is 6.92 Å². The highest BCUT2D eigenvalue weighted by Crippen LogP contribution is 2.34. The first-order chi connectivity index (χ1) is 8.13. The van der Waals surface area contributed by atoms with Gasteiger partial charge in [-0.1, -0.05) is 49.1 Å². The molecule has 2 aromatic rings. The van der Waals surface area contributed by atoms with Crippen LogP contribution in [0, 0.1) is 6.92 Å². The number of aryl methyl sites for hydroxylation is 1. The summed E-state index contributed by atoms with van der Waals surface area (Å²) in [5.41, 5.74) is 2.38. The quantitative estimate of drug-likeness (QED) is 0.614. The lowest BCUT2D eigenvalue weighted by atomic mass is 10.0. The Hall–Kier alpha value is -0.940. The van der Waals surface area contributed by atoms with Crippen molar-refractivity contribution in [3.8, 4) is 11.3 Å². The first-order valence-corrected chi connectivity index (χ1v) is 6.66. The van der Waals surface area contributed by atoms with Gasteiger partial charge in [-0.3, -0.25) is 0 Å². The van der Waals surface area contributed by atoms with E-state index in [1.165, 1.54) is 0 Å². The second-order valence-electron chi connectivity index (χ2n) is 3.55. The largest absolute Gasteiger partial charge is 0.361 e. The van der Waals surface area contributed by atoms with E-state index < -0.39 is 4.83 Å². The first kappa shape index (κ1) is 12.5. The van der Waals surface area contributed by atoms with E-state index in [-0.39, 0.29) is 0 Å². The standard InChI is InChI=1S/C12H9Br2NO2/c1-7-11(10(14)6-16)12(15-17-7)8-3-2-4-9(13)5-8/h2-6,10H,1H3. The highest BCUT2D eigenvalue weighted by atomic mass is 79.9. The molecule has 1 unspecified atom stereocenters. The fourth-order valence-corrected chi connectivity index (χ4v) is 2.55. The predicted octanol–water partition coefficient (Wildman–Crippen LogP) is 4.05. The SMILES string of the molecule is Cc1onc(-c2cccc(Br)c2)c1C(Br)C=O. The number of nitrogens with zero attached hydrogens (tertiary/aromatic N) is 1. The fraction of sp³-hybridized carbons (Fsp3) is 0.167. The highest BCUT2D eigenvalue weighted by molar-refractivity contribution is 9.10. The number of halogens is 2. The van der Waals surface area contributed by atoms with Crippen molar-refractivity contribution in [3.63, 3.8) is 0 Å². The number of rotatable bonds is 3. The minimum Gasteiger partial charge on any atom is -0.361 e. The monoisotopic (exact) mass is 357 g/mol. The summed E-state index contributed by atoms with van der Waals surface area (Å²) in [4.78, 5) is 10.5. The number of hydrogen-bond acceptors (Lipinski definition) is 3. The van der Waals surface area contributed by atoms with E-state index in [0.29, 0.717) is 11.5 Å². The maximum Gasteiger partial charge on any atom is 0.139 e. The van der Waals surface area contributed by atoms with Crippen molar-refractivity contribution in [1.29, 1.82) is 0 Å². The molecule has 1 aromatic carbocycles. The molecule has 1 heterocycles. The Morgan fingerprint density at radius 3 is 2.88 bits per heavy atom. The molecule has 1 atom stereocenters. The molecule has 0 aliphatic rings. The van der Waals surface area contributed by atoms with Crippen molar-refractivity contribution in [2.24, 2.45) is 0 Å². The van der Waals surface area contributed by atoms with Crippen molar-refractivity contribution in [2.45, 2.75) is 11.8 Å². The average molecular weight is 359 g/mol. The molecule has 0 saturated heterocycles. The molecule has 17 heavy (non-hydrogen) atoms. The van der Waals surface area contributed by atoms with Crippen molar-refractivity contribution in [3.05, 3.63) is 40.1 Å². The molecule has 0 aliphatic carbocycles. The Kier molecular flexibility index (Phi) is 3.79. The number of alkyl halides is 1. The van der Waals surface area contributed by atoms with Crippen molar-refractivity contribution in [2.75, 3.05) is 0 Å². The van der Waals surface area contributed by atoms with Crippen LogP contribution < -0.4 is 0 Å². The van der Waals surface area contributed by atoms with E-state index >= 15 is 0 Å². The van der Waals surface area contributed by atoms with Crippen LogP contribution in [0.3, 0.4) is 0 Å². The summed E-state index contributed by atoms with van der Waals surface area (Å²) in [6, 6.07) is 7.71. The second-order valence-corrected chi connectivity index (χ2v) is 5.45. The number of aromatic nitrogens is 1. The van der Waals surface area contributed by atoms with Crippen LogP contribution in [-0.4, -0.2) is 11.4 Å². The molecule has 3 nitrogen and oxygen atoms in total. The van der Waals surface area contributed by atoms with Gasteiger partial charge in [-0.05, 0) is 19.1 Å². The number of hydrogen-bond donors (Lipinski definition) is 0. The molecular formula is C12H9Br2NO2. The van der Waals surface area contributed by atoms with Gasteiger partial charge < -0.3 is 9.32 Å². The molecule has 5 heteroatoms. The summed E-state index contributed by atoms with van der Waals surface area (Å²) in [6.45, 7) is 1.79. The van der Waals surface area contributed by atoms with Gasteiger partial charge in [0.1, 0.15) is 22.6 Å². The van der Waals surface area contributed by atoms with Gasteiger partial charge in [0.05, 0.1) is 0 Å². The summed E-state index contributed by atoms with van der Waals surface area (Å²) in [6.07, 6.45) is 0.820. The van der Waals surface area contributed by atoms with Crippen LogP contribution in [0.2, 0.25) is 0 Å². The van der Waals surface area contributed by atoms with Gasteiger partial charge >= 0.3 is 0 Å². The molecule has 0 fully saturated rings. The van der Waals surface area contributed by atoms with E-state index in [0.717, 1.165) is 21.9 Å². The van der Waals surface area contributed by atoms with Gasteiger partial charge in [-0.25, -0.2) is 0 Å². The Labute approximate surface area is 115 Å². The molecular weight excluding hydrogens is 350 g/mol. The highest BCUT2D eigenvalue weighted by Gasteiger charge is 2.21. The van der Waals surface area contributed by atoms with Crippen LogP contribution in [0.1, 0.15) is 16.2 Å². The molecule has 2 rings (SSSR count). The lowest BCUT2D eigenvalue weighted by Crippen LogP contribution is -1.94. The van der Waals surface area contributed by atoms with E-state index in [1.807, 2.05) is 24.3 Å². The fourth-order valence-electron chi connectivity index (χ4n) is 1.62. The Morgan fingerprint density at radius 1 is 1.47 bits per heavy atom. The van der Waals surface area contributed by atoms with Gasteiger partial charge in [-0.15, -0.1) is 0 Å². The zero-order chi connectivity index (χ0) is 12.4. The lowest BCUT2D eigenvalue weighted by molar-refractivity contribution is -0.107. The topological polar surface area (TPSA) is 43.1 Å². The maximum absolute atomic E-state index is 10.9. The van der Waals surface area contributed by atoms with Crippen LogP contribution in [0.4, 0.5) is 0 Å². The van der Waals surface area contributed by atoms with Gasteiger partial charge in [0.2, 0.25) is 0 Å². The van der Waals surface area contributed by atoms with E-state index in [2.05, 4.69) is 37.0 Å². The Balaban J connectivity index is 2.56. The third kappa shape index (κ3) is 2.50. The normalized spacial score (nSPS) is 12.4. The summed E-state index contributed by atoms with van der Waals surface area (Å²) < 4.78 is 6.12. The van der Waals surface area contributed by atoms with Crippen molar-refractivity contribution < 1.29 is 9.32 Å². The maximum atomic E-state index is 10.9. The van der Waals surface area contributed by atoms with E-state index in [9.17, 15) is 4.79 Å². The minimum atomic E-state index is -0.400. The number of carbonyl (C=O) groups is 1. The third-order valence-electron chi connectivity index (χ3n) is 2.40. The molecule has 0 spiro atoms. The van der Waals surface area contributed by atoms with Crippen LogP contribution in [0.5, 0.6) is 0 Å². The predicted molar refractivity (Wildman–Crippen MR) is 72.1 cm³/mol. The van der Waals surface area contributed by atoms with Gasteiger partial charge in [0, 0.05) is 15.6 Å². The molecule has 1 aromatic heterocycles. The van der Waals surface area contributed by atoms with Gasteiger partial charge in [0.15, 0.2) is 0 Å². The molecule has 0 amide bonds. The smallest absolute Gasteiger partial charge is 0.139 e. The third-order valence-corrected chi connectivity index (χ3v) is 3.57. The second kappa shape index (κ2) is 5.14. The van der Waals surface area contributed by atoms with Crippen LogP contribution in [0.25, 0.3) is 11.3 Å². The molecule has 0 saturated carbocycles. The number of benzene rings is 1. The van der Waals surface area contributed by atoms with E-state index in [4.69, 9.17) is 4.52 Å². The summed E-state index contributed by atoms with van der Waals surface area (Å²) in [7, 11) is 0. The lowest BCUT2D eigenvalue weighted by Gasteiger charge is -2.03. The summed E-state index contributed by atoms with van der Waals surface area (Å²) in [5, 5.41) is 4.01. The van der Waals surface area contributed by atoms with Crippen molar-refractivity contribution >= 4 is 38.1 Å². The van der Waals surface area contributed by atoms with Gasteiger partial charge in [-0.2, -0.15) is 0 Å². The Bertz CT molecular complexity index is 551. The number of carbonyl (C=O) groups excluding carboxylic acids is 1. The molecule has 0 N–H and O–H groups in total. The molecule has 0 aliphatic heterocycles. The van der Waals surface area contributed by atoms with Gasteiger partial charge in [0.25, 0.3) is 0 Å². The number of aldehydes is 1. The molecule has 88 valence electrons. The Morgan fingerprint density at radius 2 is 2.24 bits per heavy atom.